The molecular weight excluding hydrogens is 316 g/mol. The Bertz CT molecular complexity index is 544. The van der Waals surface area contributed by atoms with E-state index in [0.29, 0.717) is 25.3 Å². The lowest BCUT2D eigenvalue weighted by atomic mass is 10.2. The van der Waals surface area contributed by atoms with Gasteiger partial charge in [-0.3, -0.25) is 9.79 Å². The predicted molar refractivity (Wildman–Crippen MR) is 101 cm³/mol. The van der Waals surface area contributed by atoms with Crippen LogP contribution in [0.4, 0.5) is 0 Å². The Hall–Kier alpha value is -2.08. The topological polar surface area (TPSA) is 66.0 Å². The van der Waals surface area contributed by atoms with Crippen molar-refractivity contribution in [3.8, 4) is 0 Å². The van der Waals surface area contributed by atoms with Gasteiger partial charge in [-0.1, -0.05) is 18.2 Å². The molecule has 0 spiro atoms. The Morgan fingerprint density at radius 2 is 2.04 bits per heavy atom. The number of likely N-dealkylation sites (N-methyl/N-ethyl adjacent to an activating group) is 1. The SMILES string of the molecule is CCNC(=NCCNC(=O)c1ccccc1)N(C)CCOCC1CC1. The minimum Gasteiger partial charge on any atom is -0.379 e. The third kappa shape index (κ3) is 7.56. The molecule has 0 unspecified atom stereocenters. The zero-order valence-electron chi connectivity index (χ0n) is 15.3. The number of aliphatic imine (C=N–C) groups is 1. The first-order valence-corrected chi connectivity index (χ1v) is 9.11. The zero-order chi connectivity index (χ0) is 17.9. The van der Waals surface area contributed by atoms with E-state index in [1.807, 2.05) is 32.2 Å². The van der Waals surface area contributed by atoms with Crippen molar-refractivity contribution in [1.29, 1.82) is 0 Å². The summed E-state index contributed by atoms with van der Waals surface area (Å²) in [6.45, 7) is 6.29. The largest absolute Gasteiger partial charge is 0.379 e. The van der Waals surface area contributed by atoms with Gasteiger partial charge in [0.2, 0.25) is 0 Å². The Morgan fingerprint density at radius 3 is 2.72 bits per heavy atom. The van der Waals surface area contributed by atoms with Crippen LogP contribution in [-0.4, -0.2) is 63.2 Å². The number of hydrogen-bond acceptors (Lipinski definition) is 3. The summed E-state index contributed by atoms with van der Waals surface area (Å²) in [4.78, 5) is 18.6. The van der Waals surface area contributed by atoms with Crippen LogP contribution in [0, 0.1) is 5.92 Å². The van der Waals surface area contributed by atoms with Crippen LogP contribution in [0.2, 0.25) is 0 Å². The van der Waals surface area contributed by atoms with E-state index in [4.69, 9.17) is 4.74 Å². The van der Waals surface area contributed by atoms with Crippen molar-refractivity contribution < 1.29 is 9.53 Å². The van der Waals surface area contributed by atoms with E-state index in [1.165, 1.54) is 12.8 Å². The number of guanidine groups is 1. The first-order chi connectivity index (χ1) is 12.2. The van der Waals surface area contributed by atoms with Crippen LogP contribution >= 0.6 is 0 Å². The average Bonchev–Trinajstić information content (AvgIpc) is 3.46. The second-order valence-electron chi connectivity index (χ2n) is 6.30. The van der Waals surface area contributed by atoms with E-state index < -0.39 is 0 Å². The van der Waals surface area contributed by atoms with Crippen molar-refractivity contribution in [2.75, 3.05) is 46.4 Å². The van der Waals surface area contributed by atoms with Crippen molar-refractivity contribution in [2.45, 2.75) is 19.8 Å². The quantitative estimate of drug-likeness (QED) is 0.385. The molecule has 0 heterocycles. The highest BCUT2D eigenvalue weighted by Crippen LogP contribution is 2.28. The Labute approximate surface area is 150 Å². The van der Waals surface area contributed by atoms with Crippen LogP contribution in [0.5, 0.6) is 0 Å². The molecule has 6 nitrogen and oxygen atoms in total. The predicted octanol–water partition coefficient (Wildman–Crippen LogP) is 1.74. The van der Waals surface area contributed by atoms with E-state index in [-0.39, 0.29) is 5.91 Å². The number of ether oxygens (including phenoxy) is 1. The van der Waals surface area contributed by atoms with Crippen molar-refractivity contribution in [3.05, 3.63) is 35.9 Å². The lowest BCUT2D eigenvalue weighted by molar-refractivity contribution is 0.0955. The minimum absolute atomic E-state index is 0.0670. The highest BCUT2D eigenvalue weighted by molar-refractivity contribution is 5.94. The summed E-state index contributed by atoms with van der Waals surface area (Å²) < 4.78 is 5.68. The maximum atomic E-state index is 12.0. The molecule has 0 radical (unpaired) electrons. The van der Waals surface area contributed by atoms with E-state index in [9.17, 15) is 4.79 Å². The molecule has 2 N–H and O–H groups in total. The molecule has 1 aliphatic carbocycles. The van der Waals surface area contributed by atoms with Gasteiger partial charge in [0.25, 0.3) is 5.91 Å². The molecule has 1 fully saturated rings. The van der Waals surface area contributed by atoms with Crippen LogP contribution < -0.4 is 10.6 Å². The molecule has 2 rings (SSSR count). The number of rotatable bonds is 10. The Morgan fingerprint density at radius 1 is 1.28 bits per heavy atom. The van der Waals surface area contributed by atoms with Crippen LogP contribution in [0.1, 0.15) is 30.1 Å². The number of nitrogens with zero attached hydrogens (tertiary/aromatic N) is 2. The van der Waals surface area contributed by atoms with Crippen LogP contribution in [0.3, 0.4) is 0 Å². The Kier molecular flexibility index (Phi) is 8.25. The molecule has 1 aromatic carbocycles. The van der Waals surface area contributed by atoms with Crippen LogP contribution in [0.15, 0.2) is 35.3 Å². The lowest BCUT2D eigenvalue weighted by Crippen LogP contribution is -2.41. The minimum atomic E-state index is -0.0670. The van der Waals surface area contributed by atoms with Crippen LogP contribution in [0.25, 0.3) is 0 Å². The van der Waals surface area contributed by atoms with Gasteiger partial charge >= 0.3 is 0 Å². The molecule has 25 heavy (non-hydrogen) atoms. The first kappa shape index (κ1) is 19.2. The molecule has 1 saturated carbocycles. The van der Waals surface area contributed by atoms with Gasteiger partial charge in [-0.2, -0.15) is 0 Å². The van der Waals surface area contributed by atoms with Gasteiger partial charge in [0, 0.05) is 38.9 Å². The number of carbonyl (C=O) groups excluding carboxylic acids is 1. The second-order valence-corrected chi connectivity index (χ2v) is 6.30. The lowest BCUT2D eigenvalue weighted by Gasteiger charge is -2.22. The molecular formula is C19H30N4O2. The summed E-state index contributed by atoms with van der Waals surface area (Å²) >= 11 is 0. The van der Waals surface area contributed by atoms with Gasteiger partial charge < -0.3 is 20.3 Å². The molecule has 1 amide bonds. The van der Waals surface area contributed by atoms with E-state index in [0.717, 1.165) is 31.6 Å². The third-order valence-corrected chi connectivity index (χ3v) is 4.01. The average molecular weight is 346 g/mol. The zero-order valence-corrected chi connectivity index (χ0v) is 15.3. The second kappa shape index (κ2) is 10.7. The molecule has 6 heteroatoms. The maximum Gasteiger partial charge on any atom is 0.251 e. The molecule has 0 saturated heterocycles. The van der Waals surface area contributed by atoms with Gasteiger partial charge in [0.15, 0.2) is 5.96 Å². The fourth-order valence-electron chi connectivity index (χ4n) is 2.33. The molecule has 1 aliphatic rings. The molecule has 0 aromatic heterocycles. The van der Waals surface area contributed by atoms with Crippen molar-refractivity contribution in [2.24, 2.45) is 10.9 Å². The van der Waals surface area contributed by atoms with Gasteiger partial charge in [0.05, 0.1) is 13.2 Å². The fraction of sp³-hybridized carbons (Fsp3) is 0.579. The van der Waals surface area contributed by atoms with Gasteiger partial charge in [-0.25, -0.2) is 0 Å². The standard InChI is InChI=1S/C19H30N4O2/c1-3-20-19(23(2)13-14-25-15-16-9-10-16)22-12-11-21-18(24)17-7-5-4-6-8-17/h4-8,16H,3,9-15H2,1-2H3,(H,20,22)(H,21,24). The Balaban J connectivity index is 1.69. The summed E-state index contributed by atoms with van der Waals surface area (Å²) in [6, 6.07) is 9.22. The summed E-state index contributed by atoms with van der Waals surface area (Å²) in [7, 11) is 2.00. The number of nitrogens with one attached hydrogen (secondary N) is 2. The molecule has 0 atom stereocenters. The smallest absolute Gasteiger partial charge is 0.251 e. The summed E-state index contributed by atoms with van der Waals surface area (Å²) in [5.41, 5.74) is 0.670. The first-order valence-electron chi connectivity index (χ1n) is 9.11. The molecule has 138 valence electrons. The van der Waals surface area contributed by atoms with Crippen molar-refractivity contribution in [3.63, 3.8) is 0 Å². The number of benzene rings is 1. The molecule has 0 bridgehead atoms. The normalized spacial score (nSPS) is 14.2. The monoisotopic (exact) mass is 346 g/mol. The number of carbonyl (C=O) groups is 1. The summed E-state index contributed by atoms with van der Waals surface area (Å²) in [6.07, 6.45) is 2.63. The van der Waals surface area contributed by atoms with E-state index in [2.05, 4.69) is 20.5 Å². The van der Waals surface area contributed by atoms with E-state index in [1.54, 1.807) is 12.1 Å². The molecule has 0 aliphatic heterocycles. The highest BCUT2D eigenvalue weighted by Gasteiger charge is 2.21. The van der Waals surface area contributed by atoms with Gasteiger partial charge in [0.1, 0.15) is 0 Å². The molecule has 1 aromatic rings. The highest BCUT2D eigenvalue weighted by atomic mass is 16.5. The van der Waals surface area contributed by atoms with Gasteiger partial charge in [-0.15, -0.1) is 0 Å². The maximum absolute atomic E-state index is 12.0. The van der Waals surface area contributed by atoms with Crippen molar-refractivity contribution in [1.82, 2.24) is 15.5 Å². The van der Waals surface area contributed by atoms with Gasteiger partial charge in [-0.05, 0) is 37.8 Å². The third-order valence-electron chi connectivity index (χ3n) is 4.01. The summed E-state index contributed by atoms with van der Waals surface area (Å²) in [5, 5.41) is 6.16. The number of amides is 1. The number of hydrogen-bond donors (Lipinski definition) is 2. The van der Waals surface area contributed by atoms with Crippen molar-refractivity contribution >= 4 is 11.9 Å². The fourth-order valence-corrected chi connectivity index (χ4v) is 2.33. The van der Waals surface area contributed by atoms with Crippen LogP contribution in [-0.2, 0) is 4.74 Å². The summed E-state index contributed by atoms with van der Waals surface area (Å²) in [5.74, 6) is 1.56. The van der Waals surface area contributed by atoms with E-state index >= 15 is 0 Å².